The first-order chi connectivity index (χ1) is 8.14. The molecule has 0 aromatic carbocycles. The van der Waals surface area contributed by atoms with E-state index < -0.39 is 0 Å². The number of nitrogens with zero attached hydrogens (tertiary/aromatic N) is 2. The van der Waals surface area contributed by atoms with Gasteiger partial charge in [-0.3, -0.25) is 5.32 Å². The maximum Gasteiger partial charge on any atom is 0.150 e. The summed E-state index contributed by atoms with van der Waals surface area (Å²) in [5, 5.41) is 10.4. The van der Waals surface area contributed by atoms with E-state index in [0.717, 1.165) is 22.9 Å². The van der Waals surface area contributed by atoms with E-state index in [4.69, 9.17) is 4.52 Å². The van der Waals surface area contributed by atoms with Crippen molar-refractivity contribution in [2.45, 2.75) is 39.3 Å². The Hall–Kier alpha value is -1.20. The molecule has 4 nitrogen and oxygen atoms in total. The molecule has 2 aromatic rings. The van der Waals surface area contributed by atoms with E-state index in [1.165, 1.54) is 0 Å². The monoisotopic (exact) mass is 251 g/mol. The van der Waals surface area contributed by atoms with E-state index in [2.05, 4.69) is 34.7 Å². The minimum Gasteiger partial charge on any atom is -0.360 e. The predicted molar refractivity (Wildman–Crippen MR) is 67.8 cm³/mol. The number of hydrogen-bond acceptors (Lipinski definition) is 5. The summed E-state index contributed by atoms with van der Waals surface area (Å²) in [4.78, 5) is 4.56. The third-order valence-electron chi connectivity index (χ3n) is 2.94. The number of aromatic nitrogens is 2. The van der Waals surface area contributed by atoms with E-state index in [0.29, 0.717) is 6.54 Å². The van der Waals surface area contributed by atoms with Crippen molar-refractivity contribution in [1.82, 2.24) is 15.5 Å². The van der Waals surface area contributed by atoms with Gasteiger partial charge >= 0.3 is 0 Å². The van der Waals surface area contributed by atoms with Crippen molar-refractivity contribution in [3.05, 3.63) is 34.1 Å². The Kier molecular flexibility index (Phi) is 3.59. The van der Waals surface area contributed by atoms with Gasteiger partial charge in [-0.2, -0.15) is 0 Å². The molecule has 1 N–H and O–H groups in total. The first kappa shape index (κ1) is 12.3. The van der Waals surface area contributed by atoms with Crippen LogP contribution >= 0.6 is 11.3 Å². The number of nitrogens with one attached hydrogen (secondary N) is 1. The van der Waals surface area contributed by atoms with E-state index in [9.17, 15) is 0 Å². The van der Waals surface area contributed by atoms with Gasteiger partial charge in [-0.25, -0.2) is 4.98 Å². The fourth-order valence-electron chi connectivity index (χ4n) is 1.57. The summed E-state index contributed by atoms with van der Waals surface area (Å²) in [6.45, 7) is 7.02. The Morgan fingerprint density at radius 1 is 1.53 bits per heavy atom. The average molecular weight is 251 g/mol. The van der Waals surface area contributed by atoms with Crippen LogP contribution in [-0.4, -0.2) is 10.1 Å². The molecule has 5 heteroatoms. The highest BCUT2D eigenvalue weighted by molar-refractivity contribution is 7.09. The predicted octanol–water partition coefficient (Wildman–Crippen LogP) is 2.85. The van der Waals surface area contributed by atoms with Crippen molar-refractivity contribution in [3.63, 3.8) is 0 Å². The average Bonchev–Trinajstić information content (AvgIpc) is 2.97. The molecule has 0 aliphatic carbocycles. The highest BCUT2D eigenvalue weighted by Crippen LogP contribution is 2.27. The molecule has 0 radical (unpaired) electrons. The van der Waals surface area contributed by atoms with Crippen LogP contribution in [-0.2, 0) is 12.1 Å². The molecule has 92 valence electrons. The second-order valence-corrected chi connectivity index (χ2v) is 5.17. The van der Waals surface area contributed by atoms with Gasteiger partial charge in [0.1, 0.15) is 10.8 Å². The molecule has 1 atom stereocenters. The van der Waals surface area contributed by atoms with Gasteiger partial charge in [-0.05, 0) is 20.3 Å². The van der Waals surface area contributed by atoms with Crippen LogP contribution in [0.1, 0.15) is 36.7 Å². The lowest BCUT2D eigenvalue weighted by Crippen LogP contribution is -2.38. The van der Waals surface area contributed by atoms with Crippen LogP contribution in [0.5, 0.6) is 0 Å². The lowest BCUT2D eigenvalue weighted by atomic mass is 10.00. The molecular formula is C12H17N3OS. The molecule has 0 amide bonds. The second kappa shape index (κ2) is 4.98. The largest absolute Gasteiger partial charge is 0.360 e. The molecule has 0 aliphatic rings. The highest BCUT2D eigenvalue weighted by atomic mass is 32.1. The first-order valence-corrected chi connectivity index (χ1v) is 6.59. The Bertz CT molecular complexity index is 466. The molecule has 0 aliphatic heterocycles. The van der Waals surface area contributed by atoms with Crippen LogP contribution in [0.25, 0.3) is 0 Å². The minimum absolute atomic E-state index is 0.105. The standard InChI is InChI=1S/C12H17N3OS/c1-4-12(3,11-15-9(2)8-17-11)13-7-10-5-6-14-16-10/h5-6,8,13H,4,7H2,1-3H3. The summed E-state index contributed by atoms with van der Waals surface area (Å²) in [5.74, 6) is 0.845. The van der Waals surface area contributed by atoms with Gasteiger partial charge in [0.25, 0.3) is 0 Å². The summed E-state index contributed by atoms with van der Waals surface area (Å²) in [6, 6.07) is 1.87. The Morgan fingerprint density at radius 3 is 2.88 bits per heavy atom. The summed E-state index contributed by atoms with van der Waals surface area (Å²) in [6.07, 6.45) is 2.64. The zero-order valence-electron chi connectivity index (χ0n) is 10.4. The van der Waals surface area contributed by atoms with Crippen LogP contribution in [0.2, 0.25) is 0 Å². The van der Waals surface area contributed by atoms with Crippen molar-refractivity contribution in [1.29, 1.82) is 0 Å². The highest BCUT2D eigenvalue weighted by Gasteiger charge is 2.27. The smallest absolute Gasteiger partial charge is 0.150 e. The summed E-state index contributed by atoms with van der Waals surface area (Å²) in [7, 11) is 0. The van der Waals surface area contributed by atoms with E-state index in [1.807, 2.05) is 13.0 Å². The van der Waals surface area contributed by atoms with Crippen LogP contribution in [0.3, 0.4) is 0 Å². The zero-order chi connectivity index (χ0) is 12.3. The lowest BCUT2D eigenvalue weighted by Gasteiger charge is -2.26. The topological polar surface area (TPSA) is 51.0 Å². The van der Waals surface area contributed by atoms with Crippen LogP contribution in [0.15, 0.2) is 22.2 Å². The molecule has 17 heavy (non-hydrogen) atoms. The summed E-state index contributed by atoms with van der Waals surface area (Å²) in [5.41, 5.74) is 0.970. The molecular weight excluding hydrogens is 234 g/mol. The van der Waals surface area contributed by atoms with Gasteiger partial charge in [0.05, 0.1) is 18.3 Å². The maximum atomic E-state index is 5.08. The first-order valence-electron chi connectivity index (χ1n) is 5.71. The number of rotatable bonds is 5. The van der Waals surface area contributed by atoms with E-state index >= 15 is 0 Å². The number of thiazole rings is 1. The molecule has 0 fully saturated rings. The van der Waals surface area contributed by atoms with Crippen molar-refractivity contribution in [2.75, 3.05) is 0 Å². The van der Waals surface area contributed by atoms with E-state index in [-0.39, 0.29) is 5.54 Å². The fraction of sp³-hybridized carbons (Fsp3) is 0.500. The van der Waals surface area contributed by atoms with Gasteiger partial charge < -0.3 is 4.52 Å². The SMILES string of the molecule is CCC(C)(NCc1ccno1)c1nc(C)cs1. The van der Waals surface area contributed by atoms with Crippen molar-refractivity contribution >= 4 is 11.3 Å². The van der Waals surface area contributed by atoms with Gasteiger partial charge in [0, 0.05) is 17.1 Å². The Labute approximate surface area is 105 Å². The van der Waals surface area contributed by atoms with Gasteiger partial charge in [0.2, 0.25) is 0 Å². The van der Waals surface area contributed by atoms with Gasteiger partial charge in [-0.15, -0.1) is 11.3 Å². The fourth-order valence-corrected chi connectivity index (χ4v) is 2.58. The lowest BCUT2D eigenvalue weighted by molar-refractivity contribution is 0.309. The molecule has 0 saturated heterocycles. The Balaban J connectivity index is 2.09. The molecule has 2 heterocycles. The normalized spacial score (nSPS) is 14.8. The Morgan fingerprint density at radius 2 is 2.35 bits per heavy atom. The molecule has 2 aromatic heterocycles. The summed E-state index contributed by atoms with van der Waals surface area (Å²) >= 11 is 1.70. The molecule has 0 spiro atoms. The summed E-state index contributed by atoms with van der Waals surface area (Å²) < 4.78 is 5.08. The quantitative estimate of drug-likeness (QED) is 0.887. The van der Waals surface area contributed by atoms with Crippen LogP contribution in [0.4, 0.5) is 0 Å². The van der Waals surface area contributed by atoms with Gasteiger partial charge in [0.15, 0.2) is 0 Å². The van der Waals surface area contributed by atoms with Crippen molar-refractivity contribution in [2.24, 2.45) is 0 Å². The minimum atomic E-state index is -0.105. The molecule has 1 unspecified atom stereocenters. The third-order valence-corrected chi connectivity index (χ3v) is 4.17. The maximum absolute atomic E-state index is 5.08. The third kappa shape index (κ3) is 2.73. The zero-order valence-corrected chi connectivity index (χ0v) is 11.2. The molecule has 0 bridgehead atoms. The second-order valence-electron chi connectivity index (χ2n) is 4.31. The van der Waals surface area contributed by atoms with Gasteiger partial charge in [-0.1, -0.05) is 12.1 Å². The molecule has 2 rings (SSSR count). The van der Waals surface area contributed by atoms with Crippen molar-refractivity contribution < 1.29 is 4.52 Å². The van der Waals surface area contributed by atoms with Crippen LogP contribution < -0.4 is 5.32 Å². The van der Waals surface area contributed by atoms with Crippen molar-refractivity contribution in [3.8, 4) is 0 Å². The van der Waals surface area contributed by atoms with Crippen LogP contribution in [0, 0.1) is 6.92 Å². The van der Waals surface area contributed by atoms with E-state index in [1.54, 1.807) is 17.5 Å². The molecule has 0 saturated carbocycles. The number of aryl methyl sites for hydroxylation is 1. The number of hydrogen-bond donors (Lipinski definition) is 1.